The van der Waals surface area contributed by atoms with Crippen LogP contribution in [-0.4, -0.2) is 47.0 Å². The van der Waals surface area contributed by atoms with Crippen LogP contribution in [-0.2, 0) is 13.0 Å². The predicted octanol–water partition coefficient (Wildman–Crippen LogP) is 2.67. The molecule has 2 aromatic heterocycles. The number of nitrogens with two attached hydrogens (primary N) is 2. The zero-order valence-corrected chi connectivity index (χ0v) is 20.0. The summed E-state index contributed by atoms with van der Waals surface area (Å²) in [4.78, 5) is 19.2. The van der Waals surface area contributed by atoms with Crippen molar-refractivity contribution in [3.8, 4) is 5.75 Å². The lowest BCUT2D eigenvalue weighted by Gasteiger charge is -2.37. The highest BCUT2D eigenvalue weighted by molar-refractivity contribution is 5.65. The van der Waals surface area contributed by atoms with Crippen LogP contribution in [0.15, 0.2) is 41.0 Å². The average Bonchev–Trinajstić information content (AvgIpc) is 2.77. The fraction of sp³-hybridized carbons (Fsp3) is 0.500. The average molecular weight is 459 g/mol. The van der Waals surface area contributed by atoms with Gasteiger partial charge in [-0.25, -0.2) is 15.2 Å². The molecule has 1 fully saturated rings. The molecule has 33 heavy (non-hydrogen) atoms. The van der Waals surface area contributed by atoms with Crippen LogP contribution < -0.4 is 26.8 Å². The van der Waals surface area contributed by atoms with Crippen molar-refractivity contribution < 1.29 is 9.13 Å². The van der Waals surface area contributed by atoms with Crippen molar-refractivity contribution in [1.82, 2.24) is 14.6 Å². The lowest BCUT2D eigenvalue weighted by molar-refractivity contribution is 0.160. The second kappa shape index (κ2) is 10.2. The third-order valence-corrected chi connectivity index (χ3v) is 5.87. The highest BCUT2D eigenvalue weighted by Crippen LogP contribution is 2.31. The molecule has 4 N–H and O–H groups in total. The number of anilines is 1. The molecular weight excluding hydrogens is 423 g/mol. The highest BCUT2D eigenvalue weighted by atomic mass is 19.1. The highest BCUT2D eigenvalue weighted by Gasteiger charge is 2.31. The van der Waals surface area contributed by atoms with Gasteiger partial charge in [0.15, 0.2) is 0 Å². The number of halogens is 1. The summed E-state index contributed by atoms with van der Waals surface area (Å²) in [7, 11) is 1.67. The van der Waals surface area contributed by atoms with Crippen molar-refractivity contribution >= 4 is 11.4 Å². The van der Waals surface area contributed by atoms with Crippen LogP contribution in [0.5, 0.6) is 5.75 Å². The van der Waals surface area contributed by atoms with Crippen LogP contribution in [0.25, 0.3) is 5.70 Å². The first-order chi connectivity index (χ1) is 15.6. The number of aromatic nitrogens is 2. The van der Waals surface area contributed by atoms with Crippen LogP contribution in [0.2, 0.25) is 0 Å². The van der Waals surface area contributed by atoms with Gasteiger partial charge in [-0.05, 0) is 51.3 Å². The number of hydrogen-bond acceptors (Lipinski definition) is 7. The van der Waals surface area contributed by atoms with Gasteiger partial charge in [0, 0.05) is 25.9 Å². The molecule has 3 rings (SSSR count). The van der Waals surface area contributed by atoms with Gasteiger partial charge >= 0.3 is 0 Å². The quantitative estimate of drug-likeness (QED) is 0.463. The summed E-state index contributed by atoms with van der Waals surface area (Å²) in [6.45, 7) is 7.36. The molecule has 0 aliphatic carbocycles. The van der Waals surface area contributed by atoms with Crippen LogP contribution >= 0.6 is 0 Å². The predicted molar refractivity (Wildman–Crippen MR) is 130 cm³/mol. The van der Waals surface area contributed by atoms with E-state index in [1.165, 1.54) is 15.6 Å². The second-order valence-electron chi connectivity index (χ2n) is 8.69. The van der Waals surface area contributed by atoms with Gasteiger partial charge < -0.3 is 24.9 Å². The molecule has 0 aromatic carbocycles. The molecule has 2 aromatic rings. The number of likely N-dealkylation sites (N-methyl/N-ethyl adjacent to an activating group) is 1. The zero-order chi connectivity index (χ0) is 24.2. The van der Waals surface area contributed by atoms with Crippen molar-refractivity contribution in [2.45, 2.75) is 52.2 Å². The van der Waals surface area contributed by atoms with E-state index in [1.54, 1.807) is 26.2 Å². The molecule has 1 saturated heterocycles. The molecule has 8 nitrogen and oxygen atoms in total. The SMILES string of the molecule is CCOc1ccc(=O)n(C/C(=C(/N)c2ccc(N3CCCC(C)(F)C3)c(CC)n2)N(C)N)c1. The number of aryl methyl sites for hydroxylation is 1. The van der Waals surface area contributed by atoms with Gasteiger partial charge in [0.05, 0.1) is 48.2 Å². The number of pyridine rings is 2. The van der Waals surface area contributed by atoms with E-state index in [9.17, 15) is 9.18 Å². The number of allylic oxidation sites excluding steroid dienone is 1. The van der Waals surface area contributed by atoms with Crippen molar-refractivity contribution in [2.75, 3.05) is 31.6 Å². The number of piperidine rings is 1. The number of rotatable bonds is 8. The molecular formula is C24H35FN6O2. The number of nitrogens with zero attached hydrogens (tertiary/aromatic N) is 4. The summed E-state index contributed by atoms with van der Waals surface area (Å²) in [5.74, 6) is 6.68. The Morgan fingerprint density at radius 3 is 2.70 bits per heavy atom. The third-order valence-electron chi connectivity index (χ3n) is 5.87. The fourth-order valence-electron chi connectivity index (χ4n) is 4.17. The van der Waals surface area contributed by atoms with Crippen molar-refractivity contribution in [2.24, 2.45) is 11.6 Å². The Bertz CT molecular complexity index is 1060. The molecule has 1 aliphatic heterocycles. The van der Waals surface area contributed by atoms with Crippen LogP contribution in [0, 0.1) is 0 Å². The Morgan fingerprint density at radius 2 is 2.06 bits per heavy atom. The maximum Gasteiger partial charge on any atom is 0.251 e. The van der Waals surface area contributed by atoms with Gasteiger partial charge in [-0.2, -0.15) is 0 Å². The Hall–Kier alpha value is -3.07. The monoisotopic (exact) mass is 458 g/mol. The van der Waals surface area contributed by atoms with Gasteiger partial charge in [0.25, 0.3) is 5.56 Å². The lowest BCUT2D eigenvalue weighted by atomic mass is 9.96. The van der Waals surface area contributed by atoms with E-state index in [0.717, 1.165) is 24.3 Å². The minimum absolute atomic E-state index is 0.163. The van der Waals surface area contributed by atoms with E-state index < -0.39 is 5.67 Å². The van der Waals surface area contributed by atoms with Gasteiger partial charge in [-0.3, -0.25) is 4.79 Å². The Labute approximate surface area is 194 Å². The first-order valence-electron chi connectivity index (χ1n) is 11.4. The molecule has 1 aliphatic rings. The molecule has 1 unspecified atom stereocenters. The largest absolute Gasteiger partial charge is 0.492 e. The maximum atomic E-state index is 14.6. The Morgan fingerprint density at radius 1 is 1.30 bits per heavy atom. The van der Waals surface area contributed by atoms with Crippen molar-refractivity contribution in [1.29, 1.82) is 0 Å². The first-order valence-corrected chi connectivity index (χ1v) is 11.4. The number of hydrazine groups is 1. The van der Waals surface area contributed by atoms with Gasteiger partial charge in [-0.1, -0.05) is 6.92 Å². The standard InChI is InChI=1S/C24H35FN6O2/c1-5-18-20(30-13-7-12-24(3,25)16-30)10-9-19(28-18)23(26)21(29(4)27)15-31-14-17(33-6-2)8-11-22(31)32/h8-11,14H,5-7,12-13,15-16,26-27H2,1-4H3/b23-21-. The molecule has 9 heteroatoms. The smallest absolute Gasteiger partial charge is 0.251 e. The fourth-order valence-corrected chi connectivity index (χ4v) is 4.17. The molecule has 0 saturated carbocycles. The number of hydrogen-bond donors (Lipinski definition) is 2. The van der Waals surface area contributed by atoms with E-state index in [4.69, 9.17) is 21.3 Å². The minimum atomic E-state index is -1.21. The Balaban J connectivity index is 1.96. The molecule has 1 atom stereocenters. The maximum absolute atomic E-state index is 14.6. The van der Waals surface area contributed by atoms with Gasteiger partial charge in [-0.15, -0.1) is 0 Å². The number of alkyl halides is 1. The summed E-state index contributed by atoms with van der Waals surface area (Å²) < 4.78 is 21.6. The number of ether oxygens (including phenoxy) is 1. The van der Waals surface area contributed by atoms with Crippen molar-refractivity contribution in [3.05, 3.63) is 57.9 Å². The summed E-state index contributed by atoms with van der Waals surface area (Å²) in [5.41, 5.74) is 8.37. The third kappa shape index (κ3) is 5.84. The first kappa shape index (κ1) is 24.6. The van der Waals surface area contributed by atoms with Crippen LogP contribution in [0.1, 0.15) is 45.0 Å². The Kier molecular flexibility index (Phi) is 7.63. The van der Waals surface area contributed by atoms with Gasteiger partial charge in [0.2, 0.25) is 0 Å². The molecule has 0 spiro atoms. The van der Waals surface area contributed by atoms with E-state index in [0.29, 0.717) is 48.8 Å². The summed E-state index contributed by atoms with van der Waals surface area (Å²) in [6.07, 6.45) is 3.69. The minimum Gasteiger partial charge on any atom is -0.492 e. The molecule has 0 amide bonds. The summed E-state index contributed by atoms with van der Waals surface area (Å²) in [5, 5.41) is 1.40. The molecule has 3 heterocycles. The van der Waals surface area contributed by atoms with E-state index in [2.05, 4.69) is 4.90 Å². The molecule has 0 bridgehead atoms. The van der Waals surface area contributed by atoms with Gasteiger partial charge in [0.1, 0.15) is 11.4 Å². The van der Waals surface area contributed by atoms with Crippen LogP contribution in [0.3, 0.4) is 0 Å². The normalized spacial score (nSPS) is 19.3. The molecule has 180 valence electrons. The lowest BCUT2D eigenvalue weighted by Crippen LogP contribution is -2.44. The van der Waals surface area contributed by atoms with E-state index >= 15 is 0 Å². The second-order valence-corrected chi connectivity index (χ2v) is 8.69. The summed E-state index contributed by atoms with van der Waals surface area (Å²) in [6, 6.07) is 6.87. The van der Waals surface area contributed by atoms with E-state index in [-0.39, 0.29) is 12.1 Å². The topological polar surface area (TPSA) is 103 Å². The summed E-state index contributed by atoms with van der Waals surface area (Å²) >= 11 is 0. The zero-order valence-electron chi connectivity index (χ0n) is 20.0. The van der Waals surface area contributed by atoms with Crippen LogP contribution in [0.4, 0.5) is 10.1 Å². The van der Waals surface area contributed by atoms with Crippen molar-refractivity contribution in [3.63, 3.8) is 0 Å². The molecule has 0 radical (unpaired) electrons. The van der Waals surface area contributed by atoms with E-state index in [1.807, 2.05) is 26.0 Å².